The molecule has 0 aliphatic heterocycles. The molecule has 0 unspecified atom stereocenters. The van der Waals surface area contributed by atoms with Gasteiger partial charge >= 0.3 is 0 Å². The highest BCUT2D eigenvalue weighted by molar-refractivity contribution is 14.1. The van der Waals surface area contributed by atoms with Crippen LogP contribution in [0.1, 0.15) is 32.1 Å². The lowest BCUT2D eigenvalue weighted by Gasteiger charge is -2.22. The Morgan fingerprint density at radius 1 is 1.36 bits per heavy atom. The van der Waals surface area contributed by atoms with Gasteiger partial charge in [-0.25, -0.2) is 0 Å². The molecule has 0 bridgehead atoms. The van der Waals surface area contributed by atoms with Crippen molar-refractivity contribution in [3.63, 3.8) is 0 Å². The zero-order valence-corrected chi connectivity index (χ0v) is 8.76. The zero-order valence-electron chi connectivity index (χ0n) is 6.61. The van der Waals surface area contributed by atoms with E-state index in [9.17, 15) is 4.79 Å². The number of amides is 1. The molecule has 0 aromatic rings. The normalized spacial score (nSPS) is 19.7. The van der Waals surface area contributed by atoms with Crippen LogP contribution in [0.15, 0.2) is 0 Å². The number of carbonyl (C=O) groups excluding carboxylic acids is 1. The van der Waals surface area contributed by atoms with Crippen LogP contribution in [0.5, 0.6) is 0 Å². The number of hydrogen-bond acceptors (Lipinski definition) is 1. The highest BCUT2D eigenvalue weighted by Crippen LogP contribution is 2.17. The van der Waals surface area contributed by atoms with Gasteiger partial charge in [0.15, 0.2) is 0 Å². The molecule has 1 aliphatic carbocycles. The molecular formula is C8H14INO. The van der Waals surface area contributed by atoms with Gasteiger partial charge in [0.25, 0.3) is 0 Å². The number of alkyl halides is 1. The van der Waals surface area contributed by atoms with Crippen molar-refractivity contribution in [2.45, 2.75) is 38.1 Å². The van der Waals surface area contributed by atoms with Crippen LogP contribution in [0.2, 0.25) is 0 Å². The molecule has 0 aromatic carbocycles. The SMILES string of the molecule is O=C(CI)NC1CCCCC1. The summed E-state index contributed by atoms with van der Waals surface area (Å²) in [7, 11) is 0. The summed E-state index contributed by atoms with van der Waals surface area (Å²) in [5.74, 6) is 0.192. The van der Waals surface area contributed by atoms with E-state index in [0.717, 1.165) is 0 Å². The highest BCUT2D eigenvalue weighted by atomic mass is 127. The minimum absolute atomic E-state index is 0.192. The van der Waals surface area contributed by atoms with Crippen LogP contribution < -0.4 is 5.32 Å². The Hall–Kier alpha value is 0.200. The minimum Gasteiger partial charge on any atom is -0.353 e. The van der Waals surface area contributed by atoms with Crippen molar-refractivity contribution in [3.8, 4) is 0 Å². The molecule has 1 amide bonds. The molecule has 1 rings (SSSR count). The van der Waals surface area contributed by atoms with Gasteiger partial charge < -0.3 is 5.32 Å². The fraction of sp³-hybridized carbons (Fsp3) is 0.875. The second-order valence-corrected chi connectivity index (χ2v) is 3.80. The summed E-state index contributed by atoms with van der Waals surface area (Å²) < 4.78 is 0.592. The molecule has 3 heteroatoms. The molecule has 1 N–H and O–H groups in total. The monoisotopic (exact) mass is 267 g/mol. The van der Waals surface area contributed by atoms with Gasteiger partial charge in [-0.3, -0.25) is 4.79 Å². The van der Waals surface area contributed by atoms with Crippen LogP contribution in [0.4, 0.5) is 0 Å². The number of rotatable bonds is 2. The molecular weight excluding hydrogens is 253 g/mol. The summed E-state index contributed by atoms with van der Waals surface area (Å²) in [6, 6.07) is 0.478. The van der Waals surface area contributed by atoms with Crippen LogP contribution in [-0.2, 0) is 4.79 Å². The molecule has 1 fully saturated rings. The lowest BCUT2D eigenvalue weighted by molar-refractivity contribution is -0.119. The van der Waals surface area contributed by atoms with Gasteiger partial charge in [-0.05, 0) is 12.8 Å². The van der Waals surface area contributed by atoms with E-state index in [1.54, 1.807) is 0 Å². The van der Waals surface area contributed by atoms with Crippen molar-refractivity contribution < 1.29 is 4.79 Å². The van der Waals surface area contributed by atoms with Crippen LogP contribution in [0, 0.1) is 0 Å². The molecule has 1 saturated carbocycles. The second kappa shape index (κ2) is 4.95. The lowest BCUT2D eigenvalue weighted by Crippen LogP contribution is -2.36. The Morgan fingerprint density at radius 2 is 2.00 bits per heavy atom. The molecule has 0 spiro atoms. The van der Waals surface area contributed by atoms with E-state index in [0.29, 0.717) is 10.5 Å². The van der Waals surface area contributed by atoms with E-state index >= 15 is 0 Å². The highest BCUT2D eigenvalue weighted by Gasteiger charge is 2.14. The molecule has 0 aromatic heterocycles. The summed E-state index contributed by atoms with van der Waals surface area (Å²) >= 11 is 2.10. The maximum absolute atomic E-state index is 11.0. The summed E-state index contributed by atoms with van der Waals surface area (Å²) in [5, 5.41) is 3.02. The number of nitrogens with one attached hydrogen (secondary N) is 1. The standard InChI is InChI=1S/C8H14INO/c9-6-8(11)10-7-4-2-1-3-5-7/h7H,1-6H2,(H,10,11). The first-order chi connectivity index (χ1) is 5.33. The maximum Gasteiger partial charge on any atom is 0.230 e. The van der Waals surface area contributed by atoms with Crippen LogP contribution in [-0.4, -0.2) is 16.4 Å². The summed E-state index contributed by atoms with van der Waals surface area (Å²) in [6.45, 7) is 0. The third-order valence-electron chi connectivity index (χ3n) is 2.09. The summed E-state index contributed by atoms with van der Waals surface area (Å²) in [4.78, 5) is 11.0. The van der Waals surface area contributed by atoms with Gasteiger partial charge in [0.1, 0.15) is 0 Å². The van der Waals surface area contributed by atoms with Crippen molar-refractivity contribution in [3.05, 3.63) is 0 Å². The first kappa shape index (κ1) is 9.29. The predicted octanol–water partition coefficient (Wildman–Crippen LogP) is 1.87. The van der Waals surface area contributed by atoms with Crippen molar-refractivity contribution in [2.75, 3.05) is 4.43 Å². The summed E-state index contributed by atoms with van der Waals surface area (Å²) in [6.07, 6.45) is 6.28. The summed E-state index contributed by atoms with van der Waals surface area (Å²) in [5.41, 5.74) is 0. The third kappa shape index (κ3) is 3.40. The van der Waals surface area contributed by atoms with E-state index in [4.69, 9.17) is 0 Å². The van der Waals surface area contributed by atoms with Crippen LogP contribution in [0.3, 0.4) is 0 Å². The minimum atomic E-state index is 0.192. The Bertz CT molecular complexity index is 132. The van der Waals surface area contributed by atoms with Crippen LogP contribution in [0.25, 0.3) is 0 Å². The van der Waals surface area contributed by atoms with E-state index < -0.39 is 0 Å². The van der Waals surface area contributed by atoms with E-state index in [1.165, 1.54) is 32.1 Å². The Balaban J connectivity index is 2.19. The van der Waals surface area contributed by atoms with Crippen molar-refractivity contribution in [2.24, 2.45) is 0 Å². The Kier molecular flexibility index (Phi) is 4.18. The molecule has 0 saturated heterocycles. The Morgan fingerprint density at radius 3 is 2.55 bits per heavy atom. The first-order valence-electron chi connectivity index (χ1n) is 4.18. The van der Waals surface area contributed by atoms with Crippen molar-refractivity contribution in [1.82, 2.24) is 5.32 Å². The van der Waals surface area contributed by atoms with Gasteiger partial charge in [-0.1, -0.05) is 41.9 Å². The van der Waals surface area contributed by atoms with Gasteiger partial charge in [-0.2, -0.15) is 0 Å². The molecule has 11 heavy (non-hydrogen) atoms. The molecule has 0 radical (unpaired) electrons. The molecule has 0 atom stereocenters. The first-order valence-corrected chi connectivity index (χ1v) is 5.71. The molecule has 0 heterocycles. The van der Waals surface area contributed by atoms with Crippen molar-refractivity contribution >= 4 is 28.5 Å². The second-order valence-electron chi connectivity index (χ2n) is 3.04. The van der Waals surface area contributed by atoms with Gasteiger partial charge in [-0.15, -0.1) is 0 Å². The largest absolute Gasteiger partial charge is 0.353 e. The van der Waals surface area contributed by atoms with Crippen LogP contribution >= 0.6 is 22.6 Å². The van der Waals surface area contributed by atoms with Gasteiger partial charge in [0, 0.05) is 6.04 Å². The molecule has 1 aliphatic rings. The third-order valence-corrected chi connectivity index (χ3v) is 2.78. The molecule has 64 valence electrons. The smallest absolute Gasteiger partial charge is 0.230 e. The van der Waals surface area contributed by atoms with Gasteiger partial charge in [0.05, 0.1) is 4.43 Å². The lowest BCUT2D eigenvalue weighted by atomic mass is 9.95. The fourth-order valence-corrected chi connectivity index (χ4v) is 1.73. The van der Waals surface area contributed by atoms with E-state index in [1.807, 2.05) is 0 Å². The average molecular weight is 267 g/mol. The number of hydrogen-bond donors (Lipinski definition) is 1. The molecule has 2 nitrogen and oxygen atoms in total. The predicted molar refractivity (Wildman–Crippen MR) is 53.9 cm³/mol. The van der Waals surface area contributed by atoms with Gasteiger partial charge in [0.2, 0.25) is 5.91 Å². The quantitative estimate of drug-likeness (QED) is 0.600. The topological polar surface area (TPSA) is 29.1 Å². The fourth-order valence-electron chi connectivity index (χ4n) is 1.51. The zero-order chi connectivity index (χ0) is 8.10. The Labute approximate surface area is 81.3 Å². The van der Waals surface area contributed by atoms with E-state index in [-0.39, 0.29) is 5.91 Å². The van der Waals surface area contributed by atoms with Crippen molar-refractivity contribution in [1.29, 1.82) is 0 Å². The van der Waals surface area contributed by atoms with E-state index in [2.05, 4.69) is 27.9 Å². The number of halogens is 1. The average Bonchev–Trinajstić information content (AvgIpc) is 2.06. The number of carbonyl (C=O) groups is 1. The maximum atomic E-state index is 11.0.